The fourth-order valence-electron chi connectivity index (χ4n) is 2.88. The molecule has 0 unspecified atom stereocenters. The number of carbonyl (C=O) groups excluding carboxylic acids is 1. The highest BCUT2D eigenvalue weighted by Gasteiger charge is 2.31. The molecule has 0 saturated carbocycles. The molecule has 1 amide bonds. The minimum Gasteiger partial charge on any atom is -0.301 e. The summed E-state index contributed by atoms with van der Waals surface area (Å²) >= 11 is 1.55. The minimum absolute atomic E-state index is 0.0537. The predicted molar refractivity (Wildman–Crippen MR) is 82.5 cm³/mol. The van der Waals surface area contributed by atoms with Crippen molar-refractivity contribution in [1.82, 2.24) is 9.88 Å². The Labute approximate surface area is 128 Å². The molecule has 0 radical (unpaired) electrons. The SMILES string of the molecule is CN(CC(=O)Nc1nc2c(s1)CCC2)[C@@H]1CCS(=O)(=O)C1. The van der Waals surface area contributed by atoms with Gasteiger partial charge in [0.2, 0.25) is 5.91 Å². The van der Waals surface area contributed by atoms with Gasteiger partial charge in [0.15, 0.2) is 15.0 Å². The maximum absolute atomic E-state index is 12.0. The number of aromatic nitrogens is 1. The highest BCUT2D eigenvalue weighted by molar-refractivity contribution is 7.91. The highest BCUT2D eigenvalue weighted by atomic mass is 32.2. The van der Waals surface area contributed by atoms with Gasteiger partial charge in [-0.15, -0.1) is 11.3 Å². The second kappa shape index (κ2) is 5.66. The number of aryl methyl sites for hydroxylation is 2. The van der Waals surface area contributed by atoms with Crippen molar-refractivity contribution < 1.29 is 13.2 Å². The molecule has 1 aliphatic heterocycles. The summed E-state index contributed by atoms with van der Waals surface area (Å²) in [6.07, 6.45) is 3.82. The number of nitrogens with one attached hydrogen (secondary N) is 1. The molecule has 1 fully saturated rings. The van der Waals surface area contributed by atoms with Crippen molar-refractivity contribution in [3.05, 3.63) is 10.6 Å². The van der Waals surface area contributed by atoms with Crippen molar-refractivity contribution in [3.63, 3.8) is 0 Å². The number of anilines is 1. The van der Waals surface area contributed by atoms with E-state index in [0.717, 1.165) is 25.0 Å². The van der Waals surface area contributed by atoms with E-state index >= 15 is 0 Å². The Bertz CT molecular complexity index is 632. The third-order valence-corrected chi connectivity index (χ3v) is 6.89. The standard InChI is InChI=1S/C13H19N3O3S2/c1-16(9-5-6-21(18,19)8-9)7-12(17)15-13-14-10-3-2-4-11(10)20-13/h9H,2-8H2,1H3,(H,14,15,17)/t9-/m1/s1. The Morgan fingerprint density at radius 2 is 2.29 bits per heavy atom. The van der Waals surface area contributed by atoms with Crippen LogP contribution in [0.15, 0.2) is 0 Å². The van der Waals surface area contributed by atoms with Gasteiger partial charge >= 0.3 is 0 Å². The van der Waals surface area contributed by atoms with Gasteiger partial charge in [-0.2, -0.15) is 0 Å². The van der Waals surface area contributed by atoms with E-state index in [2.05, 4.69) is 10.3 Å². The van der Waals surface area contributed by atoms with Crippen molar-refractivity contribution >= 4 is 32.2 Å². The van der Waals surface area contributed by atoms with Crippen molar-refractivity contribution in [3.8, 4) is 0 Å². The Morgan fingerprint density at radius 3 is 2.95 bits per heavy atom. The van der Waals surface area contributed by atoms with Gasteiger partial charge < -0.3 is 5.32 Å². The van der Waals surface area contributed by atoms with Crippen LogP contribution in [0, 0.1) is 0 Å². The van der Waals surface area contributed by atoms with Crippen LogP contribution in [0.25, 0.3) is 0 Å². The lowest BCUT2D eigenvalue weighted by molar-refractivity contribution is -0.117. The summed E-state index contributed by atoms with van der Waals surface area (Å²) in [5, 5.41) is 3.49. The van der Waals surface area contributed by atoms with Gasteiger partial charge in [-0.25, -0.2) is 13.4 Å². The van der Waals surface area contributed by atoms with Crippen molar-refractivity contribution in [2.24, 2.45) is 0 Å². The topological polar surface area (TPSA) is 79.4 Å². The monoisotopic (exact) mass is 329 g/mol. The summed E-state index contributed by atoms with van der Waals surface area (Å²) in [5.41, 5.74) is 1.12. The summed E-state index contributed by atoms with van der Waals surface area (Å²) in [7, 11) is -1.12. The fourth-order valence-corrected chi connectivity index (χ4v) is 5.75. The molecular formula is C13H19N3O3S2. The van der Waals surface area contributed by atoms with E-state index in [-0.39, 0.29) is 30.0 Å². The summed E-state index contributed by atoms with van der Waals surface area (Å²) in [6, 6.07) is -0.0537. The van der Waals surface area contributed by atoms with Crippen LogP contribution in [0.2, 0.25) is 0 Å². The Hall–Kier alpha value is -0.990. The Kier molecular flexibility index (Phi) is 4.02. The van der Waals surface area contributed by atoms with Crippen LogP contribution in [0.3, 0.4) is 0 Å². The first-order chi connectivity index (χ1) is 9.93. The van der Waals surface area contributed by atoms with Crippen LogP contribution >= 0.6 is 11.3 Å². The fraction of sp³-hybridized carbons (Fsp3) is 0.692. The zero-order chi connectivity index (χ0) is 15.0. The van der Waals surface area contributed by atoms with Gasteiger partial charge in [0, 0.05) is 10.9 Å². The zero-order valence-corrected chi connectivity index (χ0v) is 13.6. The number of likely N-dealkylation sites (N-methyl/N-ethyl adjacent to an activating group) is 1. The summed E-state index contributed by atoms with van der Waals surface area (Å²) in [4.78, 5) is 19.6. The molecule has 1 aromatic heterocycles. The number of sulfone groups is 1. The van der Waals surface area contributed by atoms with Gasteiger partial charge in [0.1, 0.15) is 0 Å². The number of rotatable bonds is 4. The molecular weight excluding hydrogens is 310 g/mol. The number of fused-ring (bicyclic) bond motifs is 1. The molecule has 1 N–H and O–H groups in total. The molecule has 1 atom stereocenters. The van der Waals surface area contributed by atoms with E-state index in [9.17, 15) is 13.2 Å². The molecule has 3 rings (SSSR count). The normalized spacial score (nSPS) is 23.4. The number of amides is 1. The molecule has 0 aromatic carbocycles. The lowest BCUT2D eigenvalue weighted by Crippen LogP contribution is -2.38. The van der Waals surface area contributed by atoms with E-state index in [0.29, 0.717) is 11.6 Å². The van der Waals surface area contributed by atoms with Crippen LogP contribution in [0.1, 0.15) is 23.4 Å². The summed E-state index contributed by atoms with van der Waals surface area (Å²) in [6.45, 7) is 0.199. The van der Waals surface area contributed by atoms with Crippen LogP contribution in [-0.4, -0.2) is 55.3 Å². The molecule has 8 heteroatoms. The number of carbonyl (C=O) groups is 1. The van der Waals surface area contributed by atoms with Gasteiger partial charge in [-0.1, -0.05) is 0 Å². The van der Waals surface area contributed by atoms with Gasteiger partial charge in [0.05, 0.1) is 23.7 Å². The summed E-state index contributed by atoms with van der Waals surface area (Å²) in [5.74, 6) is 0.250. The van der Waals surface area contributed by atoms with Gasteiger partial charge in [-0.3, -0.25) is 9.69 Å². The maximum Gasteiger partial charge on any atom is 0.240 e. The second-order valence-electron chi connectivity index (χ2n) is 5.76. The molecule has 0 bridgehead atoms. The minimum atomic E-state index is -2.92. The van der Waals surface area contributed by atoms with Gasteiger partial charge in [0.25, 0.3) is 0 Å². The number of hydrogen-bond donors (Lipinski definition) is 1. The lowest BCUT2D eigenvalue weighted by atomic mass is 10.2. The van der Waals surface area contributed by atoms with Crippen molar-refractivity contribution in [2.45, 2.75) is 31.7 Å². The number of hydrogen-bond acceptors (Lipinski definition) is 6. The molecule has 0 spiro atoms. The highest BCUT2D eigenvalue weighted by Crippen LogP contribution is 2.30. The molecule has 1 saturated heterocycles. The van der Waals surface area contributed by atoms with Gasteiger partial charge in [-0.05, 0) is 32.7 Å². The van der Waals surface area contributed by atoms with Crippen LogP contribution < -0.4 is 5.32 Å². The Morgan fingerprint density at radius 1 is 1.48 bits per heavy atom. The molecule has 6 nitrogen and oxygen atoms in total. The first-order valence-electron chi connectivity index (χ1n) is 7.12. The zero-order valence-electron chi connectivity index (χ0n) is 12.0. The van der Waals surface area contributed by atoms with E-state index in [1.54, 1.807) is 18.4 Å². The van der Waals surface area contributed by atoms with E-state index in [1.807, 2.05) is 4.90 Å². The Balaban J connectivity index is 1.54. The molecule has 116 valence electrons. The molecule has 2 heterocycles. The second-order valence-corrected chi connectivity index (χ2v) is 9.07. The number of nitrogens with zero attached hydrogens (tertiary/aromatic N) is 2. The quantitative estimate of drug-likeness (QED) is 0.879. The number of thiazole rings is 1. The van der Waals surface area contributed by atoms with E-state index in [4.69, 9.17) is 0 Å². The third kappa shape index (κ3) is 3.44. The third-order valence-electron chi connectivity index (χ3n) is 4.07. The predicted octanol–water partition coefficient (Wildman–Crippen LogP) is 0.689. The first-order valence-corrected chi connectivity index (χ1v) is 9.76. The molecule has 1 aliphatic carbocycles. The van der Waals surface area contributed by atoms with Crippen molar-refractivity contribution in [1.29, 1.82) is 0 Å². The summed E-state index contributed by atoms with van der Waals surface area (Å²) < 4.78 is 22.9. The smallest absolute Gasteiger partial charge is 0.240 e. The van der Waals surface area contributed by atoms with E-state index < -0.39 is 9.84 Å². The average molecular weight is 329 g/mol. The van der Waals surface area contributed by atoms with Crippen molar-refractivity contribution in [2.75, 3.05) is 30.4 Å². The van der Waals surface area contributed by atoms with Crippen LogP contribution in [-0.2, 0) is 27.5 Å². The van der Waals surface area contributed by atoms with E-state index in [1.165, 1.54) is 4.88 Å². The molecule has 2 aliphatic rings. The average Bonchev–Trinajstić information content (AvgIpc) is 3.02. The van der Waals surface area contributed by atoms with Crippen LogP contribution in [0.4, 0.5) is 5.13 Å². The largest absolute Gasteiger partial charge is 0.301 e. The maximum atomic E-state index is 12.0. The first kappa shape index (κ1) is 14.9. The lowest BCUT2D eigenvalue weighted by Gasteiger charge is -2.21. The van der Waals surface area contributed by atoms with Crippen LogP contribution in [0.5, 0.6) is 0 Å². The molecule has 21 heavy (non-hydrogen) atoms. The molecule has 1 aromatic rings.